The van der Waals surface area contributed by atoms with Gasteiger partial charge in [0, 0.05) is 15.7 Å². The van der Waals surface area contributed by atoms with Gasteiger partial charge in [0.1, 0.15) is 5.75 Å². The summed E-state index contributed by atoms with van der Waals surface area (Å²) in [7, 11) is 0. The number of halogens is 2. The summed E-state index contributed by atoms with van der Waals surface area (Å²) in [6, 6.07) is 10.6. The number of amides is 1. The number of nitrogens with one attached hydrogen (secondary N) is 1. The molecule has 110 valence electrons. The van der Waals surface area contributed by atoms with Gasteiger partial charge >= 0.3 is 0 Å². The lowest BCUT2D eigenvalue weighted by molar-refractivity contribution is -0.118. The molecule has 0 radical (unpaired) electrons. The molecule has 5 heteroatoms. The van der Waals surface area contributed by atoms with E-state index in [1.54, 1.807) is 18.2 Å². The monoisotopic (exact) mass is 323 g/mol. The van der Waals surface area contributed by atoms with E-state index in [9.17, 15) is 4.79 Å². The summed E-state index contributed by atoms with van der Waals surface area (Å²) in [5.41, 5.74) is 2.84. The molecule has 1 N–H and O–H groups in total. The highest BCUT2D eigenvalue weighted by atomic mass is 35.5. The summed E-state index contributed by atoms with van der Waals surface area (Å²) in [5, 5.41) is 3.62. The molecule has 0 spiro atoms. The van der Waals surface area contributed by atoms with Gasteiger partial charge in [-0.1, -0.05) is 29.3 Å². The highest BCUT2D eigenvalue weighted by molar-refractivity contribution is 6.35. The maximum absolute atomic E-state index is 11.8. The molecule has 0 heterocycles. The predicted octanol–water partition coefficient (Wildman–Crippen LogP) is 4.63. The lowest BCUT2D eigenvalue weighted by Gasteiger charge is -2.09. The van der Waals surface area contributed by atoms with Crippen LogP contribution >= 0.6 is 23.2 Å². The Morgan fingerprint density at radius 2 is 1.71 bits per heavy atom. The smallest absolute Gasteiger partial charge is 0.262 e. The fourth-order valence-corrected chi connectivity index (χ4v) is 2.30. The number of hydrogen-bond acceptors (Lipinski definition) is 2. The standard InChI is InChI=1S/C16H15Cl2NO2/c1-10-3-4-15(5-11(10)2)21-9-16(20)19-14-7-12(17)6-13(18)8-14/h3-8H,9H2,1-2H3,(H,19,20). The lowest BCUT2D eigenvalue weighted by Crippen LogP contribution is -2.20. The Balaban J connectivity index is 1.94. The van der Waals surface area contributed by atoms with Gasteiger partial charge in [-0.2, -0.15) is 0 Å². The molecule has 0 aliphatic rings. The first-order chi connectivity index (χ1) is 9.94. The molecule has 0 bridgehead atoms. The third-order valence-corrected chi connectivity index (χ3v) is 3.43. The Bertz CT molecular complexity index is 651. The molecule has 3 nitrogen and oxygen atoms in total. The molecule has 0 aliphatic carbocycles. The van der Waals surface area contributed by atoms with E-state index in [4.69, 9.17) is 27.9 Å². The first kappa shape index (κ1) is 15.7. The van der Waals surface area contributed by atoms with Crippen molar-refractivity contribution in [2.24, 2.45) is 0 Å². The third-order valence-electron chi connectivity index (χ3n) is 2.99. The second-order valence-corrected chi connectivity index (χ2v) is 5.61. The molecule has 0 aliphatic heterocycles. The molecule has 0 aromatic heterocycles. The van der Waals surface area contributed by atoms with Crippen LogP contribution in [-0.2, 0) is 4.79 Å². The topological polar surface area (TPSA) is 38.3 Å². The Hall–Kier alpha value is -1.71. The summed E-state index contributed by atoms with van der Waals surface area (Å²) in [5.74, 6) is 0.393. The Kier molecular flexibility index (Phi) is 5.10. The van der Waals surface area contributed by atoms with E-state index in [1.807, 2.05) is 32.0 Å². The minimum absolute atomic E-state index is 0.0768. The van der Waals surface area contributed by atoms with E-state index in [0.717, 1.165) is 5.56 Å². The molecule has 0 unspecified atom stereocenters. The number of benzene rings is 2. The SMILES string of the molecule is Cc1ccc(OCC(=O)Nc2cc(Cl)cc(Cl)c2)cc1C. The van der Waals surface area contributed by atoms with Crippen LogP contribution in [-0.4, -0.2) is 12.5 Å². The zero-order valence-corrected chi connectivity index (χ0v) is 13.3. The fourth-order valence-electron chi connectivity index (χ4n) is 1.78. The fraction of sp³-hybridized carbons (Fsp3) is 0.188. The minimum atomic E-state index is -0.272. The average molecular weight is 324 g/mol. The van der Waals surface area contributed by atoms with Gasteiger partial charge < -0.3 is 10.1 Å². The summed E-state index contributed by atoms with van der Waals surface area (Å²) in [4.78, 5) is 11.8. The number of carbonyl (C=O) groups is 1. The van der Waals surface area contributed by atoms with Crippen LogP contribution in [0.2, 0.25) is 10.0 Å². The Morgan fingerprint density at radius 1 is 1.05 bits per heavy atom. The van der Waals surface area contributed by atoms with E-state index in [2.05, 4.69) is 5.32 Å². The molecular weight excluding hydrogens is 309 g/mol. The summed E-state index contributed by atoms with van der Waals surface area (Å²) in [6.07, 6.45) is 0. The van der Waals surface area contributed by atoms with Crippen molar-refractivity contribution in [2.75, 3.05) is 11.9 Å². The molecule has 1 amide bonds. The van der Waals surface area contributed by atoms with Gasteiger partial charge in [-0.15, -0.1) is 0 Å². The van der Waals surface area contributed by atoms with Gasteiger partial charge in [0.25, 0.3) is 5.91 Å². The van der Waals surface area contributed by atoms with E-state index >= 15 is 0 Å². The van der Waals surface area contributed by atoms with Crippen LogP contribution in [0.4, 0.5) is 5.69 Å². The van der Waals surface area contributed by atoms with E-state index < -0.39 is 0 Å². The molecule has 21 heavy (non-hydrogen) atoms. The van der Waals surface area contributed by atoms with Crippen molar-refractivity contribution < 1.29 is 9.53 Å². The van der Waals surface area contributed by atoms with E-state index in [-0.39, 0.29) is 12.5 Å². The minimum Gasteiger partial charge on any atom is -0.484 e. The summed E-state index contributed by atoms with van der Waals surface area (Å²) >= 11 is 11.7. The molecule has 2 rings (SSSR count). The molecule has 0 fully saturated rings. The molecule has 0 atom stereocenters. The maximum Gasteiger partial charge on any atom is 0.262 e. The number of rotatable bonds is 4. The number of aryl methyl sites for hydroxylation is 2. The zero-order valence-electron chi connectivity index (χ0n) is 11.7. The first-order valence-corrected chi connectivity index (χ1v) is 7.15. The Labute approximate surface area is 133 Å². The average Bonchev–Trinajstić information content (AvgIpc) is 2.39. The molecular formula is C16H15Cl2NO2. The number of anilines is 1. The van der Waals surface area contributed by atoms with Gasteiger partial charge in [0.2, 0.25) is 0 Å². The quantitative estimate of drug-likeness (QED) is 0.890. The van der Waals surface area contributed by atoms with Gasteiger partial charge in [-0.25, -0.2) is 0 Å². The number of ether oxygens (including phenoxy) is 1. The van der Waals surface area contributed by atoms with Crippen LogP contribution in [0.5, 0.6) is 5.75 Å². The van der Waals surface area contributed by atoms with Crippen LogP contribution < -0.4 is 10.1 Å². The van der Waals surface area contributed by atoms with Crippen molar-refractivity contribution in [1.82, 2.24) is 0 Å². The van der Waals surface area contributed by atoms with E-state index in [1.165, 1.54) is 5.56 Å². The lowest BCUT2D eigenvalue weighted by atomic mass is 10.1. The summed E-state index contributed by atoms with van der Waals surface area (Å²) in [6.45, 7) is 3.94. The van der Waals surface area contributed by atoms with E-state index in [0.29, 0.717) is 21.5 Å². The zero-order chi connectivity index (χ0) is 15.4. The molecule has 0 saturated heterocycles. The van der Waals surface area contributed by atoms with Crippen molar-refractivity contribution in [2.45, 2.75) is 13.8 Å². The molecule has 0 saturated carbocycles. The first-order valence-electron chi connectivity index (χ1n) is 6.40. The van der Waals surface area contributed by atoms with Crippen molar-refractivity contribution in [3.05, 3.63) is 57.6 Å². The second-order valence-electron chi connectivity index (χ2n) is 4.74. The summed E-state index contributed by atoms with van der Waals surface area (Å²) < 4.78 is 5.46. The van der Waals surface area contributed by atoms with Gasteiger partial charge in [0.15, 0.2) is 6.61 Å². The van der Waals surface area contributed by atoms with Gasteiger partial charge in [0.05, 0.1) is 0 Å². The van der Waals surface area contributed by atoms with Crippen LogP contribution in [0.15, 0.2) is 36.4 Å². The number of carbonyl (C=O) groups excluding carboxylic acids is 1. The second kappa shape index (κ2) is 6.83. The largest absolute Gasteiger partial charge is 0.484 e. The number of hydrogen-bond donors (Lipinski definition) is 1. The highest BCUT2D eigenvalue weighted by Gasteiger charge is 2.06. The molecule has 2 aromatic rings. The van der Waals surface area contributed by atoms with Crippen molar-refractivity contribution >= 4 is 34.8 Å². The van der Waals surface area contributed by atoms with Gasteiger partial charge in [-0.3, -0.25) is 4.79 Å². The van der Waals surface area contributed by atoms with Gasteiger partial charge in [-0.05, 0) is 55.3 Å². The van der Waals surface area contributed by atoms with Crippen molar-refractivity contribution in [3.8, 4) is 5.75 Å². The van der Waals surface area contributed by atoms with Crippen LogP contribution in [0.1, 0.15) is 11.1 Å². The van der Waals surface area contributed by atoms with Crippen LogP contribution in [0.25, 0.3) is 0 Å². The van der Waals surface area contributed by atoms with Crippen LogP contribution in [0, 0.1) is 13.8 Å². The van der Waals surface area contributed by atoms with Crippen molar-refractivity contribution in [1.29, 1.82) is 0 Å². The third kappa shape index (κ3) is 4.66. The van der Waals surface area contributed by atoms with Crippen molar-refractivity contribution in [3.63, 3.8) is 0 Å². The maximum atomic E-state index is 11.8. The molecule has 2 aromatic carbocycles. The predicted molar refractivity (Wildman–Crippen MR) is 86.5 cm³/mol. The van der Waals surface area contributed by atoms with Crippen LogP contribution in [0.3, 0.4) is 0 Å². The normalized spacial score (nSPS) is 10.3. The highest BCUT2D eigenvalue weighted by Crippen LogP contribution is 2.22. The Morgan fingerprint density at radius 3 is 2.33 bits per heavy atom.